The van der Waals surface area contributed by atoms with Gasteiger partial charge in [0.25, 0.3) is 0 Å². The van der Waals surface area contributed by atoms with Crippen LogP contribution >= 0.6 is 11.6 Å². The van der Waals surface area contributed by atoms with Crippen LogP contribution < -0.4 is 5.32 Å². The van der Waals surface area contributed by atoms with Crippen LogP contribution in [0, 0.1) is 11.7 Å². The monoisotopic (exact) mass is 269 g/mol. The lowest BCUT2D eigenvalue weighted by molar-refractivity contribution is 0.278. The summed E-state index contributed by atoms with van der Waals surface area (Å²) in [6, 6.07) is 5.11. The van der Waals surface area contributed by atoms with Crippen molar-refractivity contribution in [2.45, 2.75) is 51.6 Å². The number of rotatable bonds is 4. The molecule has 2 rings (SSSR count). The molecule has 3 heteroatoms. The van der Waals surface area contributed by atoms with E-state index in [0.29, 0.717) is 17.6 Å². The molecule has 0 saturated heterocycles. The number of hydrogen-bond donors (Lipinski definition) is 1. The summed E-state index contributed by atoms with van der Waals surface area (Å²) in [4.78, 5) is 0. The van der Waals surface area contributed by atoms with Gasteiger partial charge in [-0.15, -0.1) is 0 Å². The molecule has 0 aliphatic heterocycles. The number of halogens is 2. The lowest BCUT2D eigenvalue weighted by atomic mass is 9.84. The third kappa shape index (κ3) is 3.69. The first kappa shape index (κ1) is 13.8. The molecule has 1 aromatic carbocycles. The Bertz CT molecular complexity index is 394. The van der Waals surface area contributed by atoms with Gasteiger partial charge in [0.2, 0.25) is 0 Å². The van der Waals surface area contributed by atoms with Crippen molar-refractivity contribution in [1.82, 2.24) is 5.32 Å². The van der Waals surface area contributed by atoms with Gasteiger partial charge >= 0.3 is 0 Å². The second-order valence-electron chi connectivity index (χ2n) is 5.25. The quantitative estimate of drug-likeness (QED) is 0.846. The third-order valence-corrected chi connectivity index (χ3v) is 4.32. The fourth-order valence-corrected chi connectivity index (χ4v) is 2.96. The fraction of sp³-hybridized carbons (Fsp3) is 0.600. The van der Waals surface area contributed by atoms with Gasteiger partial charge in [-0.3, -0.25) is 0 Å². The van der Waals surface area contributed by atoms with Gasteiger partial charge in [-0.1, -0.05) is 37.8 Å². The molecule has 1 saturated carbocycles. The average molecular weight is 270 g/mol. The summed E-state index contributed by atoms with van der Waals surface area (Å²) in [5, 5.41) is 4.16. The van der Waals surface area contributed by atoms with Crippen molar-refractivity contribution in [2.75, 3.05) is 0 Å². The summed E-state index contributed by atoms with van der Waals surface area (Å²) in [5.41, 5.74) is 0.857. The molecule has 0 spiro atoms. The highest BCUT2D eigenvalue weighted by molar-refractivity contribution is 6.31. The molecule has 0 aromatic heterocycles. The molecule has 1 aromatic rings. The first-order chi connectivity index (χ1) is 8.69. The van der Waals surface area contributed by atoms with Gasteiger partial charge in [0, 0.05) is 17.6 Å². The Kier molecular flexibility index (Phi) is 5.02. The first-order valence-electron chi connectivity index (χ1n) is 6.86. The van der Waals surface area contributed by atoms with Crippen LogP contribution in [0.1, 0.15) is 44.6 Å². The Hall–Kier alpha value is -0.600. The molecule has 100 valence electrons. The third-order valence-electron chi connectivity index (χ3n) is 3.95. The van der Waals surface area contributed by atoms with Gasteiger partial charge in [-0.2, -0.15) is 0 Å². The fourth-order valence-electron chi connectivity index (χ4n) is 2.78. The van der Waals surface area contributed by atoms with Crippen LogP contribution in [0.25, 0.3) is 0 Å². The van der Waals surface area contributed by atoms with Crippen molar-refractivity contribution in [3.05, 3.63) is 34.6 Å². The minimum absolute atomic E-state index is 0.216. The second-order valence-corrected chi connectivity index (χ2v) is 5.66. The molecule has 2 unspecified atom stereocenters. The van der Waals surface area contributed by atoms with Gasteiger partial charge in [-0.05, 0) is 42.5 Å². The van der Waals surface area contributed by atoms with E-state index in [1.807, 2.05) is 0 Å². The lowest BCUT2D eigenvalue weighted by Gasteiger charge is -2.29. The lowest BCUT2D eigenvalue weighted by Crippen LogP contribution is -2.33. The number of hydrogen-bond acceptors (Lipinski definition) is 1. The van der Waals surface area contributed by atoms with E-state index in [1.165, 1.54) is 44.2 Å². The maximum atomic E-state index is 13.1. The summed E-state index contributed by atoms with van der Waals surface area (Å²) in [7, 11) is 0. The van der Waals surface area contributed by atoms with E-state index in [1.54, 1.807) is 6.07 Å². The largest absolute Gasteiger partial charge is 0.310 e. The summed E-state index contributed by atoms with van der Waals surface area (Å²) in [5.74, 6) is 0.630. The molecule has 1 nitrogen and oxygen atoms in total. The Morgan fingerprint density at radius 2 is 2.22 bits per heavy atom. The highest BCUT2D eigenvalue weighted by Gasteiger charge is 2.20. The van der Waals surface area contributed by atoms with Crippen molar-refractivity contribution in [3.63, 3.8) is 0 Å². The van der Waals surface area contributed by atoms with E-state index in [2.05, 4.69) is 12.2 Å². The molecule has 0 radical (unpaired) electrons. The zero-order chi connectivity index (χ0) is 13.0. The average Bonchev–Trinajstić information content (AvgIpc) is 2.40. The van der Waals surface area contributed by atoms with E-state index < -0.39 is 0 Å². The summed E-state index contributed by atoms with van der Waals surface area (Å²) in [6.45, 7) is 2.92. The minimum atomic E-state index is -0.216. The Morgan fingerprint density at radius 1 is 1.39 bits per heavy atom. The van der Waals surface area contributed by atoms with Gasteiger partial charge in [0.15, 0.2) is 0 Å². The van der Waals surface area contributed by atoms with Crippen LogP contribution in [0.4, 0.5) is 4.39 Å². The molecule has 1 aliphatic carbocycles. The molecular weight excluding hydrogens is 249 g/mol. The summed E-state index contributed by atoms with van der Waals surface area (Å²) in [6.07, 6.45) is 6.38. The topological polar surface area (TPSA) is 12.0 Å². The molecule has 1 N–H and O–H groups in total. The van der Waals surface area contributed by atoms with Crippen LogP contribution in [0.2, 0.25) is 5.02 Å². The minimum Gasteiger partial charge on any atom is -0.310 e. The van der Waals surface area contributed by atoms with E-state index in [9.17, 15) is 4.39 Å². The van der Waals surface area contributed by atoms with Gasteiger partial charge in [0.1, 0.15) is 5.82 Å². The Balaban J connectivity index is 1.89. The number of nitrogens with one attached hydrogen (secondary N) is 1. The smallest absolute Gasteiger partial charge is 0.123 e. The van der Waals surface area contributed by atoms with Crippen LogP contribution in [-0.4, -0.2) is 6.04 Å². The predicted octanol–water partition coefficient (Wildman–Crippen LogP) is 4.54. The molecule has 2 atom stereocenters. The van der Waals surface area contributed by atoms with Crippen molar-refractivity contribution < 1.29 is 4.39 Å². The summed E-state index contributed by atoms with van der Waals surface area (Å²) < 4.78 is 13.1. The van der Waals surface area contributed by atoms with Crippen molar-refractivity contribution in [1.29, 1.82) is 0 Å². The van der Waals surface area contributed by atoms with Crippen LogP contribution in [0.15, 0.2) is 18.2 Å². The molecule has 1 fully saturated rings. The molecule has 1 aliphatic rings. The number of benzene rings is 1. The van der Waals surface area contributed by atoms with Crippen LogP contribution in [0.5, 0.6) is 0 Å². The van der Waals surface area contributed by atoms with E-state index in [4.69, 9.17) is 11.6 Å². The molecule has 0 amide bonds. The zero-order valence-electron chi connectivity index (χ0n) is 10.9. The highest BCUT2D eigenvalue weighted by Crippen LogP contribution is 2.27. The standard InChI is InChI=1S/C15H21ClFN/c1-2-11-4-3-5-14(8-11)18-10-12-9-13(17)6-7-15(12)16/h6-7,9,11,14,18H,2-5,8,10H2,1H3. The van der Waals surface area contributed by atoms with Crippen LogP contribution in [0.3, 0.4) is 0 Å². The van der Waals surface area contributed by atoms with Crippen molar-refractivity contribution >= 4 is 11.6 Å². The highest BCUT2D eigenvalue weighted by atomic mass is 35.5. The zero-order valence-corrected chi connectivity index (χ0v) is 11.6. The maximum Gasteiger partial charge on any atom is 0.123 e. The SMILES string of the molecule is CCC1CCCC(NCc2cc(F)ccc2Cl)C1. The Morgan fingerprint density at radius 3 is 3.00 bits per heavy atom. The normalized spacial score (nSPS) is 24.2. The maximum absolute atomic E-state index is 13.1. The van der Waals surface area contributed by atoms with Gasteiger partial charge < -0.3 is 5.32 Å². The van der Waals surface area contributed by atoms with Crippen LogP contribution in [-0.2, 0) is 6.54 Å². The molecule has 0 bridgehead atoms. The predicted molar refractivity (Wildman–Crippen MR) is 74.3 cm³/mol. The van der Waals surface area contributed by atoms with Gasteiger partial charge in [0.05, 0.1) is 0 Å². The second kappa shape index (κ2) is 6.53. The van der Waals surface area contributed by atoms with Crippen molar-refractivity contribution in [2.24, 2.45) is 5.92 Å². The first-order valence-corrected chi connectivity index (χ1v) is 7.24. The summed E-state index contributed by atoms with van der Waals surface area (Å²) >= 11 is 6.06. The Labute approximate surface area is 114 Å². The van der Waals surface area contributed by atoms with E-state index in [-0.39, 0.29) is 5.82 Å². The molecule has 18 heavy (non-hydrogen) atoms. The molecular formula is C15H21ClFN. The molecule has 0 heterocycles. The van der Waals surface area contributed by atoms with Gasteiger partial charge in [-0.25, -0.2) is 4.39 Å². The van der Waals surface area contributed by atoms with E-state index >= 15 is 0 Å². The van der Waals surface area contributed by atoms with E-state index in [0.717, 1.165) is 11.5 Å². The van der Waals surface area contributed by atoms with Crippen molar-refractivity contribution in [3.8, 4) is 0 Å².